The van der Waals surface area contributed by atoms with E-state index in [2.05, 4.69) is 20.7 Å². The molecule has 0 fully saturated rings. The SMILES string of the molecule is O=S(=O)(Nc1cccc(Br)c1)c1cc(Cl)cc(CO)c1Cl. The van der Waals surface area contributed by atoms with Gasteiger partial charge < -0.3 is 5.11 Å². The van der Waals surface area contributed by atoms with Crippen LogP contribution < -0.4 is 4.72 Å². The summed E-state index contributed by atoms with van der Waals surface area (Å²) >= 11 is 15.1. The first-order valence-corrected chi connectivity index (χ1v) is 8.74. The van der Waals surface area contributed by atoms with Gasteiger partial charge in [0.1, 0.15) is 4.90 Å². The van der Waals surface area contributed by atoms with E-state index in [0.717, 1.165) is 4.47 Å². The van der Waals surface area contributed by atoms with Crippen LogP contribution in [0.5, 0.6) is 0 Å². The molecule has 0 saturated carbocycles. The molecule has 0 spiro atoms. The largest absolute Gasteiger partial charge is 0.392 e. The van der Waals surface area contributed by atoms with Gasteiger partial charge >= 0.3 is 0 Å². The first-order chi connectivity index (χ1) is 9.83. The van der Waals surface area contributed by atoms with Gasteiger partial charge in [0.15, 0.2) is 0 Å². The second-order valence-corrected chi connectivity index (χ2v) is 7.53. The van der Waals surface area contributed by atoms with E-state index in [1.807, 2.05) is 0 Å². The van der Waals surface area contributed by atoms with Gasteiger partial charge in [-0.1, -0.05) is 45.2 Å². The zero-order valence-electron chi connectivity index (χ0n) is 10.5. The molecule has 0 heterocycles. The minimum atomic E-state index is -3.91. The molecule has 21 heavy (non-hydrogen) atoms. The molecule has 4 nitrogen and oxygen atoms in total. The van der Waals surface area contributed by atoms with Gasteiger partial charge in [-0.3, -0.25) is 4.72 Å². The van der Waals surface area contributed by atoms with Crippen LogP contribution in [0.4, 0.5) is 5.69 Å². The van der Waals surface area contributed by atoms with Crippen molar-refractivity contribution in [2.75, 3.05) is 4.72 Å². The molecule has 0 amide bonds. The second kappa shape index (κ2) is 6.54. The van der Waals surface area contributed by atoms with Gasteiger partial charge in [0.05, 0.1) is 11.6 Å². The Morgan fingerprint density at radius 3 is 2.52 bits per heavy atom. The fourth-order valence-corrected chi connectivity index (χ4v) is 4.07. The van der Waals surface area contributed by atoms with Gasteiger partial charge in [0, 0.05) is 15.2 Å². The topological polar surface area (TPSA) is 66.4 Å². The number of nitrogens with one attached hydrogen (secondary N) is 1. The molecule has 2 N–H and O–H groups in total. The lowest BCUT2D eigenvalue weighted by atomic mass is 10.2. The molecule has 0 aliphatic heterocycles. The predicted molar refractivity (Wildman–Crippen MR) is 87.3 cm³/mol. The van der Waals surface area contributed by atoms with Crippen LogP contribution in [0, 0.1) is 0 Å². The third-order valence-electron chi connectivity index (χ3n) is 2.62. The molecule has 0 bridgehead atoms. The Hall–Kier alpha value is -0.790. The molecule has 0 radical (unpaired) electrons. The molecule has 0 unspecified atom stereocenters. The number of rotatable bonds is 4. The van der Waals surface area contributed by atoms with Crippen molar-refractivity contribution >= 4 is 54.8 Å². The van der Waals surface area contributed by atoms with Crippen LogP contribution in [0.2, 0.25) is 10.0 Å². The van der Waals surface area contributed by atoms with Crippen molar-refractivity contribution in [2.45, 2.75) is 11.5 Å². The number of aliphatic hydroxyl groups is 1. The molecule has 2 rings (SSSR count). The molecule has 2 aromatic carbocycles. The highest BCUT2D eigenvalue weighted by atomic mass is 79.9. The van der Waals surface area contributed by atoms with E-state index in [-0.39, 0.29) is 20.5 Å². The Morgan fingerprint density at radius 1 is 1.19 bits per heavy atom. The third-order valence-corrected chi connectivity index (χ3v) is 5.29. The monoisotopic (exact) mass is 409 g/mol. The fourth-order valence-electron chi connectivity index (χ4n) is 1.69. The smallest absolute Gasteiger partial charge is 0.263 e. The zero-order valence-corrected chi connectivity index (χ0v) is 14.4. The van der Waals surface area contributed by atoms with Crippen molar-refractivity contribution in [2.24, 2.45) is 0 Å². The van der Waals surface area contributed by atoms with Crippen molar-refractivity contribution in [3.05, 3.63) is 56.5 Å². The van der Waals surface area contributed by atoms with Crippen LogP contribution in [0.1, 0.15) is 5.56 Å². The maximum absolute atomic E-state index is 12.4. The highest BCUT2D eigenvalue weighted by Crippen LogP contribution is 2.31. The summed E-state index contributed by atoms with van der Waals surface area (Å²) in [5.74, 6) is 0. The van der Waals surface area contributed by atoms with Crippen molar-refractivity contribution in [1.29, 1.82) is 0 Å². The lowest BCUT2D eigenvalue weighted by Crippen LogP contribution is -2.14. The Balaban J connectivity index is 2.47. The van der Waals surface area contributed by atoms with Gasteiger partial charge in [-0.05, 0) is 35.9 Å². The maximum Gasteiger partial charge on any atom is 0.263 e. The number of hydrogen-bond donors (Lipinski definition) is 2. The summed E-state index contributed by atoms with van der Waals surface area (Å²) in [7, 11) is -3.91. The average molecular weight is 411 g/mol. The van der Waals surface area contributed by atoms with Crippen LogP contribution in [-0.4, -0.2) is 13.5 Å². The molecule has 0 aliphatic carbocycles. The second-order valence-electron chi connectivity index (χ2n) is 4.15. The molecular formula is C13H10BrCl2NO3S. The number of aliphatic hydroxyl groups excluding tert-OH is 1. The maximum atomic E-state index is 12.4. The number of hydrogen-bond acceptors (Lipinski definition) is 3. The minimum Gasteiger partial charge on any atom is -0.392 e. The summed E-state index contributed by atoms with van der Waals surface area (Å²) in [5, 5.41) is 9.32. The fraction of sp³-hybridized carbons (Fsp3) is 0.0769. The first-order valence-electron chi connectivity index (χ1n) is 5.70. The Labute approximate surface area is 140 Å². The molecular weight excluding hydrogens is 401 g/mol. The summed E-state index contributed by atoms with van der Waals surface area (Å²) in [5.41, 5.74) is 0.629. The highest BCUT2D eigenvalue weighted by Gasteiger charge is 2.21. The molecule has 2 aromatic rings. The van der Waals surface area contributed by atoms with Gasteiger partial charge in [0.2, 0.25) is 0 Å². The number of halogens is 3. The molecule has 0 atom stereocenters. The Bertz CT molecular complexity index is 781. The number of sulfonamides is 1. The van der Waals surface area contributed by atoms with Crippen molar-refractivity contribution in [3.8, 4) is 0 Å². The lowest BCUT2D eigenvalue weighted by Gasteiger charge is -2.12. The molecule has 112 valence electrons. The summed E-state index contributed by atoms with van der Waals surface area (Å²) in [6, 6.07) is 9.34. The van der Waals surface area contributed by atoms with E-state index in [9.17, 15) is 13.5 Å². The van der Waals surface area contributed by atoms with Crippen LogP contribution in [0.25, 0.3) is 0 Å². The van der Waals surface area contributed by atoms with Crippen molar-refractivity contribution in [3.63, 3.8) is 0 Å². The molecule has 8 heteroatoms. The number of anilines is 1. The molecule has 0 aliphatic rings. The van der Waals surface area contributed by atoms with Gasteiger partial charge in [-0.2, -0.15) is 0 Å². The van der Waals surface area contributed by atoms with Crippen LogP contribution in [0.15, 0.2) is 45.8 Å². The van der Waals surface area contributed by atoms with E-state index < -0.39 is 16.6 Å². The van der Waals surface area contributed by atoms with Crippen LogP contribution >= 0.6 is 39.1 Å². The zero-order chi connectivity index (χ0) is 15.6. The summed E-state index contributed by atoms with van der Waals surface area (Å²) in [4.78, 5) is -0.180. The quantitative estimate of drug-likeness (QED) is 0.798. The van der Waals surface area contributed by atoms with E-state index in [0.29, 0.717) is 5.69 Å². The average Bonchev–Trinajstić information content (AvgIpc) is 2.40. The van der Waals surface area contributed by atoms with E-state index in [1.54, 1.807) is 24.3 Å². The number of benzene rings is 2. The normalized spacial score (nSPS) is 11.4. The first kappa shape index (κ1) is 16.6. The third kappa shape index (κ3) is 3.90. The Kier molecular flexibility index (Phi) is 5.16. The van der Waals surface area contributed by atoms with Crippen molar-refractivity contribution < 1.29 is 13.5 Å². The van der Waals surface area contributed by atoms with Gasteiger partial charge in [-0.25, -0.2) is 8.42 Å². The van der Waals surface area contributed by atoms with E-state index in [1.165, 1.54) is 12.1 Å². The van der Waals surface area contributed by atoms with E-state index in [4.69, 9.17) is 23.2 Å². The van der Waals surface area contributed by atoms with Crippen LogP contribution in [-0.2, 0) is 16.6 Å². The molecule has 0 aromatic heterocycles. The summed E-state index contributed by atoms with van der Waals surface area (Å²) in [6.45, 7) is -0.404. The van der Waals surface area contributed by atoms with Gasteiger partial charge in [0.25, 0.3) is 10.0 Å². The Morgan fingerprint density at radius 2 is 1.90 bits per heavy atom. The van der Waals surface area contributed by atoms with Crippen LogP contribution in [0.3, 0.4) is 0 Å². The van der Waals surface area contributed by atoms with Gasteiger partial charge in [-0.15, -0.1) is 0 Å². The molecule has 0 saturated heterocycles. The predicted octanol–water partition coefficient (Wildman–Crippen LogP) is 4.05. The standard InChI is InChI=1S/C13H10BrCl2NO3S/c14-9-2-1-3-11(5-9)17-21(19,20)12-6-10(15)4-8(7-18)13(12)16/h1-6,17-18H,7H2. The van der Waals surface area contributed by atoms with E-state index >= 15 is 0 Å². The van der Waals surface area contributed by atoms with Crippen molar-refractivity contribution in [1.82, 2.24) is 0 Å². The summed E-state index contributed by atoms with van der Waals surface area (Å²) < 4.78 is 28.0. The minimum absolute atomic E-state index is 0.0515. The lowest BCUT2D eigenvalue weighted by molar-refractivity contribution is 0.281. The summed E-state index contributed by atoms with van der Waals surface area (Å²) in [6.07, 6.45) is 0. The highest BCUT2D eigenvalue weighted by molar-refractivity contribution is 9.10.